The Balaban J connectivity index is 2.56. The highest BCUT2D eigenvalue weighted by Gasteiger charge is 2.16. The fourth-order valence-corrected chi connectivity index (χ4v) is 2.50. The molecule has 0 heterocycles. The highest BCUT2D eigenvalue weighted by Crippen LogP contribution is 2.33. The van der Waals surface area contributed by atoms with E-state index in [-0.39, 0.29) is 11.9 Å². The predicted molar refractivity (Wildman–Crippen MR) is 87.6 cm³/mol. The van der Waals surface area contributed by atoms with Crippen LogP contribution in [-0.2, 0) is 0 Å². The summed E-state index contributed by atoms with van der Waals surface area (Å²) in [6.45, 7) is 8.62. The van der Waals surface area contributed by atoms with Crippen LogP contribution in [0.4, 0.5) is 15.8 Å². The SMILES string of the molecule is CCN(c1ccc(C)cc1)c1cc(C)c(F)cc1[C@@H](C)N. The van der Waals surface area contributed by atoms with Gasteiger partial charge in [-0.15, -0.1) is 0 Å². The van der Waals surface area contributed by atoms with Gasteiger partial charge in [-0.3, -0.25) is 0 Å². The lowest BCUT2D eigenvalue weighted by Crippen LogP contribution is -2.20. The quantitative estimate of drug-likeness (QED) is 0.888. The largest absolute Gasteiger partial charge is 0.341 e. The molecule has 0 aliphatic rings. The molecular formula is C18H23FN2. The molecule has 2 aromatic carbocycles. The van der Waals surface area contributed by atoms with E-state index in [9.17, 15) is 4.39 Å². The minimum absolute atomic E-state index is 0.203. The van der Waals surface area contributed by atoms with Crippen LogP contribution in [0.1, 0.15) is 36.6 Å². The van der Waals surface area contributed by atoms with E-state index < -0.39 is 0 Å². The molecule has 21 heavy (non-hydrogen) atoms. The summed E-state index contributed by atoms with van der Waals surface area (Å²) in [6.07, 6.45) is 0. The van der Waals surface area contributed by atoms with Crippen molar-refractivity contribution in [1.29, 1.82) is 0 Å². The summed E-state index contributed by atoms with van der Waals surface area (Å²) in [6, 6.07) is 11.6. The van der Waals surface area contributed by atoms with Gasteiger partial charge in [-0.1, -0.05) is 17.7 Å². The van der Waals surface area contributed by atoms with Crippen molar-refractivity contribution in [1.82, 2.24) is 0 Å². The molecular weight excluding hydrogens is 263 g/mol. The first-order valence-corrected chi connectivity index (χ1v) is 7.33. The van der Waals surface area contributed by atoms with Crippen molar-refractivity contribution in [3.63, 3.8) is 0 Å². The average molecular weight is 286 g/mol. The highest BCUT2D eigenvalue weighted by atomic mass is 19.1. The van der Waals surface area contributed by atoms with Gasteiger partial charge in [-0.05, 0) is 63.1 Å². The van der Waals surface area contributed by atoms with E-state index in [2.05, 4.69) is 43.0 Å². The Morgan fingerprint density at radius 1 is 1.14 bits per heavy atom. The number of hydrogen-bond donors (Lipinski definition) is 1. The third-order valence-electron chi connectivity index (χ3n) is 3.75. The molecule has 0 saturated carbocycles. The number of nitrogens with zero attached hydrogens (tertiary/aromatic N) is 1. The molecule has 0 spiro atoms. The van der Waals surface area contributed by atoms with E-state index in [4.69, 9.17) is 5.73 Å². The van der Waals surface area contributed by atoms with Crippen LogP contribution in [0.2, 0.25) is 0 Å². The molecule has 0 aliphatic carbocycles. The molecule has 0 aromatic heterocycles. The van der Waals surface area contributed by atoms with Gasteiger partial charge in [-0.2, -0.15) is 0 Å². The molecule has 0 saturated heterocycles. The van der Waals surface area contributed by atoms with Gasteiger partial charge < -0.3 is 10.6 Å². The van der Waals surface area contributed by atoms with Crippen molar-refractivity contribution < 1.29 is 4.39 Å². The molecule has 0 bridgehead atoms. The lowest BCUT2D eigenvalue weighted by Gasteiger charge is -2.28. The Bertz CT molecular complexity index is 618. The van der Waals surface area contributed by atoms with E-state index in [0.29, 0.717) is 5.56 Å². The van der Waals surface area contributed by atoms with E-state index >= 15 is 0 Å². The fourth-order valence-electron chi connectivity index (χ4n) is 2.50. The van der Waals surface area contributed by atoms with Crippen LogP contribution in [0.5, 0.6) is 0 Å². The maximum atomic E-state index is 13.9. The Kier molecular flexibility index (Phi) is 4.63. The maximum Gasteiger partial charge on any atom is 0.126 e. The number of aryl methyl sites for hydroxylation is 2. The Hall–Kier alpha value is -1.87. The summed E-state index contributed by atoms with van der Waals surface area (Å²) in [5.74, 6) is -0.203. The van der Waals surface area contributed by atoms with Crippen molar-refractivity contribution in [2.24, 2.45) is 5.73 Å². The zero-order chi connectivity index (χ0) is 15.6. The van der Waals surface area contributed by atoms with Crippen molar-refractivity contribution in [3.8, 4) is 0 Å². The molecule has 112 valence electrons. The van der Waals surface area contributed by atoms with E-state index in [1.807, 2.05) is 13.0 Å². The van der Waals surface area contributed by atoms with Crippen LogP contribution >= 0.6 is 0 Å². The van der Waals surface area contributed by atoms with Crippen LogP contribution in [0.25, 0.3) is 0 Å². The third-order valence-corrected chi connectivity index (χ3v) is 3.75. The molecule has 3 heteroatoms. The van der Waals surface area contributed by atoms with Crippen molar-refractivity contribution in [2.75, 3.05) is 11.4 Å². The fraction of sp³-hybridized carbons (Fsp3) is 0.333. The first kappa shape index (κ1) is 15.5. The zero-order valence-electron chi connectivity index (χ0n) is 13.2. The molecule has 2 nitrogen and oxygen atoms in total. The summed E-state index contributed by atoms with van der Waals surface area (Å²) in [4.78, 5) is 2.17. The van der Waals surface area contributed by atoms with Crippen molar-refractivity contribution >= 4 is 11.4 Å². The minimum atomic E-state index is -0.213. The van der Waals surface area contributed by atoms with Gasteiger partial charge >= 0.3 is 0 Å². The number of benzene rings is 2. The summed E-state index contributed by atoms with van der Waals surface area (Å²) >= 11 is 0. The van der Waals surface area contributed by atoms with Crippen LogP contribution < -0.4 is 10.6 Å². The molecule has 0 fully saturated rings. The molecule has 0 unspecified atom stereocenters. The molecule has 2 aromatic rings. The minimum Gasteiger partial charge on any atom is -0.341 e. The highest BCUT2D eigenvalue weighted by molar-refractivity contribution is 5.68. The van der Waals surface area contributed by atoms with Crippen LogP contribution in [0.15, 0.2) is 36.4 Å². The monoisotopic (exact) mass is 286 g/mol. The molecule has 1 atom stereocenters. The second-order valence-electron chi connectivity index (χ2n) is 5.53. The number of hydrogen-bond acceptors (Lipinski definition) is 2. The molecule has 0 aliphatic heterocycles. The standard InChI is InChI=1S/C18H23FN2/c1-5-21(15-8-6-12(2)7-9-15)18-10-13(3)17(19)11-16(18)14(4)20/h6-11,14H,5,20H2,1-4H3/t14-/m1/s1. The third kappa shape index (κ3) is 3.24. The van der Waals surface area contributed by atoms with Gasteiger partial charge in [0.1, 0.15) is 5.82 Å². The van der Waals surface area contributed by atoms with Gasteiger partial charge in [0.25, 0.3) is 0 Å². The number of nitrogens with two attached hydrogens (primary N) is 1. The Labute approximate surface area is 126 Å². The van der Waals surface area contributed by atoms with Gasteiger partial charge in [0.05, 0.1) is 0 Å². The summed E-state index contributed by atoms with van der Waals surface area (Å²) in [5, 5.41) is 0. The average Bonchev–Trinajstić information content (AvgIpc) is 2.45. The van der Waals surface area contributed by atoms with Gasteiger partial charge in [0, 0.05) is 24.0 Å². The number of anilines is 2. The summed E-state index contributed by atoms with van der Waals surface area (Å²) in [7, 11) is 0. The lowest BCUT2D eigenvalue weighted by atomic mass is 10.0. The first-order chi connectivity index (χ1) is 9.93. The van der Waals surface area contributed by atoms with Crippen LogP contribution in [0.3, 0.4) is 0 Å². The molecule has 2 N–H and O–H groups in total. The first-order valence-electron chi connectivity index (χ1n) is 7.33. The summed E-state index contributed by atoms with van der Waals surface area (Å²) < 4.78 is 13.9. The van der Waals surface area contributed by atoms with Gasteiger partial charge in [-0.25, -0.2) is 4.39 Å². The summed E-state index contributed by atoms with van der Waals surface area (Å²) in [5.41, 5.74) is 10.8. The van der Waals surface area contributed by atoms with E-state index in [0.717, 1.165) is 23.5 Å². The lowest BCUT2D eigenvalue weighted by molar-refractivity contribution is 0.613. The number of halogens is 1. The Morgan fingerprint density at radius 3 is 2.29 bits per heavy atom. The molecule has 2 rings (SSSR count). The van der Waals surface area contributed by atoms with Crippen LogP contribution in [-0.4, -0.2) is 6.54 Å². The van der Waals surface area contributed by atoms with E-state index in [1.165, 1.54) is 5.56 Å². The topological polar surface area (TPSA) is 29.3 Å². The van der Waals surface area contributed by atoms with Crippen molar-refractivity contribution in [3.05, 3.63) is 58.9 Å². The van der Waals surface area contributed by atoms with Crippen molar-refractivity contribution in [2.45, 2.75) is 33.7 Å². The van der Waals surface area contributed by atoms with Gasteiger partial charge in [0.15, 0.2) is 0 Å². The smallest absolute Gasteiger partial charge is 0.126 e. The van der Waals surface area contributed by atoms with Gasteiger partial charge in [0.2, 0.25) is 0 Å². The van der Waals surface area contributed by atoms with E-state index in [1.54, 1.807) is 13.0 Å². The number of rotatable bonds is 4. The molecule has 0 radical (unpaired) electrons. The Morgan fingerprint density at radius 2 is 1.76 bits per heavy atom. The predicted octanol–water partition coefficient (Wildman–Crippen LogP) is 4.62. The second kappa shape index (κ2) is 6.27. The molecule has 0 amide bonds. The zero-order valence-corrected chi connectivity index (χ0v) is 13.2. The maximum absolute atomic E-state index is 13.9. The normalized spacial score (nSPS) is 12.3. The van der Waals surface area contributed by atoms with Crippen LogP contribution in [0, 0.1) is 19.7 Å². The second-order valence-corrected chi connectivity index (χ2v) is 5.53.